The van der Waals surface area contributed by atoms with Crippen molar-refractivity contribution in [3.05, 3.63) is 34.9 Å². The summed E-state index contributed by atoms with van der Waals surface area (Å²) in [7, 11) is 2.15. The van der Waals surface area contributed by atoms with Crippen LogP contribution < -0.4 is 5.73 Å². The Morgan fingerprint density at radius 3 is 2.50 bits per heavy atom. The fourth-order valence-electron chi connectivity index (χ4n) is 2.47. The summed E-state index contributed by atoms with van der Waals surface area (Å²) in [5, 5.41) is 0.786. The molecule has 1 aliphatic carbocycles. The molecule has 1 aliphatic rings. The second kappa shape index (κ2) is 5.55. The summed E-state index contributed by atoms with van der Waals surface area (Å²) >= 11 is 10.9. The lowest BCUT2D eigenvalue weighted by atomic mass is 10.0. The number of nitrogens with two attached hydrogens (primary N) is 1. The van der Waals surface area contributed by atoms with Gasteiger partial charge in [0.05, 0.1) is 4.99 Å². The number of thiocarbonyl (C=S) groups is 1. The average molecular weight is 283 g/mol. The van der Waals surface area contributed by atoms with Crippen molar-refractivity contribution in [1.82, 2.24) is 4.90 Å². The smallest absolute Gasteiger partial charge is 0.0733 e. The van der Waals surface area contributed by atoms with Crippen molar-refractivity contribution in [1.29, 1.82) is 0 Å². The van der Waals surface area contributed by atoms with Crippen LogP contribution in [0.2, 0.25) is 5.02 Å². The summed E-state index contributed by atoms with van der Waals surface area (Å²) in [6.45, 7) is 2.00. The molecule has 0 atom stereocenters. The molecule has 0 radical (unpaired) electrons. The Bertz CT molecular complexity index is 426. The Morgan fingerprint density at radius 1 is 1.39 bits per heavy atom. The van der Waals surface area contributed by atoms with E-state index in [9.17, 15) is 0 Å². The molecular formula is C14H19ClN2S. The maximum atomic E-state index is 5.88. The minimum atomic E-state index is 0.354. The summed E-state index contributed by atoms with van der Waals surface area (Å²) in [4.78, 5) is 2.99. The van der Waals surface area contributed by atoms with Crippen molar-refractivity contribution >= 4 is 28.8 Å². The van der Waals surface area contributed by atoms with E-state index in [1.807, 2.05) is 12.1 Å². The molecule has 1 aromatic carbocycles. The minimum Gasteiger partial charge on any atom is -0.393 e. The zero-order valence-corrected chi connectivity index (χ0v) is 12.2. The van der Waals surface area contributed by atoms with E-state index in [1.165, 1.54) is 18.4 Å². The van der Waals surface area contributed by atoms with Gasteiger partial charge in [0.1, 0.15) is 0 Å². The van der Waals surface area contributed by atoms with Gasteiger partial charge in [-0.1, -0.05) is 36.0 Å². The van der Waals surface area contributed by atoms with Crippen LogP contribution in [0.15, 0.2) is 24.3 Å². The highest BCUT2D eigenvalue weighted by Crippen LogP contribution is 2.49. The Kier molecular flexibility index (Phi) is 4.25. The molecule has 0 bridgehead atoms. The SMILES string of the molecule is CN(Cc1ccc(Cl)cc1)CC1(CC(N)=S)CC1. The van der Waals surface area contributed by atoms with Gasteiger partial charge in [0.2, 0.25) is 0 Å². The second-order valence-electron chi connectivity index (χ2n) is 5.44. The molecule has 2 N–H and O–H groups in total. The van der Waals surface area contributed by atoms with Crippen LogP contribution in [0.1, 0.15) is 24.8 Å². The van der Waals surface area contributed by atoms with Gasteiger partial charge in [-0.3, -0.25) is 0 Å². The van der Waals surface area contributed by atoms with Crippen molar-refractivity contribution in [3.8, 4) is 0 Å². The first kappa shape index (κ1) is 13.8. The molecule has 1 aromatic rings. The van der Waals surface area contributed by atoms with E-state index in [1.54, 1.807) is 0 Å². The molecule has 18 heavy (non-hydrogen) atoms. The fourth-order valence-corrected chi connectivity index (χ4v) is 2.90. The van der Waals surface area contributed by atoms with Crippen LogP contribution in [-0.2, 0) is 6.54 Å². The van der Waals surface area contributed by atoms with E-state index >= 15 is 0 Å². The molecule has 0 spiro atoms. The fraction of sp³-hybridized carbons (Fsp3) is 0.500. The third kappa shape index (κ3) is 3.94. The highest BCUT2D eigenvalue weighted by atomic mass is 35.5. The highest BCUT2D eigenvalue weighted by Gasteiger charge is 2.43. The third-order valence-electron chi connectivity index (χ3n) is 3.48. The molecule has 1 fully saturated rings. The van der Waals surface area contributed by atoms with Gasteiger partial charge in [0.25, 0.3) is 0 Å². The zero-order valence-electron chi connectivity index (χ0n) is 10.7. The molecule has 0 unspecified atom stereocenters. The van der Waals surface area contributed by atoms with E-state index in [-0.39, 0.29) is 0 Å². The summed E-state index contributed by atoms with van der Waals surface area (Å²) in [6.07, 6.45) is 3.37. The normalized spacial score (nSPS) is 16.8. The minimum absolute atomic E-state index is 0.354. The summed E-state index contributed by atoms with van der Waals surface area (Å²) < 4.78 is 0. The van der Waals surface area contributed by atoms with Crippen LogP contribution in [-0.4, -0.2) is 23.5 Å². The van der Waals surface area contributed by atoms with Gasteiger partial charge in [-0.15, -0.1) is 0 Å². The number of benzene rings is 1. The average Bonchev–Trinajstić information content (AvgIpc) is 3.00. The molecule has 4 heteroatoms. The Labute approximate surface area is 119 Å². The summed E-state index contributed by atoms with van der Waals surface area (Å²) in [5.41, 5.74) is 7.30. The molecular weight excluding hydrogens is 264 g/mol. The summed E-state index contributed by atoms with van der Waals surface area (Å²) in [6, 6.07) is 8.03. The monoisotopic (exact) mass is 282 g/mol. The van der Waals surface area contributed by atoms with Crippen molar-refractivity contribution in [3.63, 3.8) is 0 Å². The van der Waals surface area contributed by atoms with E-state index in [0.29, 0.717) is 10.4 Å². The van der Waals surface area contributed by atoms with Crippen LogP contribution in [0.25, 0.3) is 0 Å². The molecule has 0 heterocycles. The first-order valence-electron chi connectivity index (χ1n) is 6.20. The molecule has 0 aliphatic heterocycles. The first-order chi connectivity index (χ1) is 8.49. The Balaban J connectivity index is 1.87. The van der Waals surface area contributed by atoms with Gasteiger partial charge in [0, 0.05) is 24.5 Å². The van der Waals surface area contributed by atoms with Gasteiger partial charge < -0.3 is 10.6 Å². The highest BCUT2D eigenvalue weighted by molar-refractivity contribution is 7.80. The van der Waals surface area contributed by atoms with E-state index in [4.69, 9.17) is 29.6 Å². The maximum Gasteiger partial charge on any atom is 0.0733 e. The first-order valence-corrected chi connectivity index (χ1v) is 6.99. The van der Waals surface area contributed by atoms with Crippen molar-refractivity contribution in [2.75, 3.05) is 13.6 Å². The molecule has 1 saturated carbocycles. The van der Waals surface area contributed by atoms with Crippen LogP contribution in [0.4, 0.5) is 0 Å². The molecule has 0 amide bonds. The Hall–Kier alpha value is -0.640. The van der Waals surface area contributed by atoms with E-state index < -0.39 is 0 Å². The molecule has 2 rings (SSSR count). The molecule has 98 valence electrons. The lowest BCUT2D eigenvalue weighted by molar-refractivity contribution is 0.260. The second-order valence-corrected chi connectivity index (χ2v) is 6.40. The predicted octanol–water partition coefficient (Wildman–Crippen LogP) is 3.23. The van der Waals surface area contributed by atoms with Crippen molar-refractivity contribution in [2.45, 2.75) is 25.8 Å². The van der Waals surface area contributed by atoms with E-state index in [0.717, 1.165) is 24.5 Å². The van der Waals surface area contributed by atoms with E-state index in [2.05, 4.69) is 24.1 Å². The Morgan fingerprint density at radius 2 is 2.00 bits per heavy atom. The lowest BCUT2D eigenvalue weighted by Crippen LogP contribution is -2.29. The number of nitrogens with zero attached hydrogens (tertiary/aromatic N) is 1. The van der Waals surface area contributed by atoms with Crippen molar-refractivity contribution in [2.24, 2.45) is 11.1 Å². The molecule has 2 nitrogen and oxygen atoms in total. The quantitative estimate of drug-likeness (QED) is 0.813. The largest absolute Gasteiger partial charge is 0.393 e. The lowest BCUT2D eigenvalue weighted by Gasteiger charge is -2.23. The van der Waals surface area contributed by atoms with Crippen LogP contribution >= 0.6 is 23.8 Å². The van der Waals surface area contributed by atoms with Crippen LogP contribution in [0, 0.1) is 5.41 Å². The van der Waals surface area contributed by atoms with Gasteiger partial charge in [-0.2, -0.15) is 0 Å². The summed E-state index contributed by atoms with van der Waals surface area (Å²) in [5.74, 6) is 0. The van der Waals surface area contributed by atoms with Crippen LogP contribution in [0.5, 0.6) is 0 Å². The van der Waals surface area contributed by atoms with Crippen LogP contribution in [0.3, 0.4) is 0 Å². The number of halogens is 1. The molecule has 0 aromatic heterocycles. The predicted molar refractivity (Wildman–Crippen MR) is 80.9 cm³/mol. The number of hydrogen-bond donors (Lipinski definition) is 1. The third-order valence-corrected chi connectivity index (χ3v) is 3.87. The standard InChI is InChI=1S/C14H19ClN2S/c1-17(9-11-2-4-12(15)5-3-11)10-14(6-7-14)8-13(16)18/h2-5H,6-10H2,1H3,(H2,16,18). The van der Waals surface area contributed by atoms with Gasteiger partial charge in [-0.25, -0.2) is 0 Å². The number of hydrogen-bond acceptors (Lipinski definition) is 2. The number of rotatable bonds is 6. The topological polar surface area (TPSA) is 29.3 Å². The molecule has 0 saturated heterocycles. The van der Waals surface area contributed by atoms with Gasteiger partial charge in [-0.05, 0) is 43.0 Å². The van der Waals surface area contributed by atoms with Gasteiger partial charge >= 0.3 is 0 Å². The maximum absolute atomic E-state index is 5.88. The van der Waals surface area contributed by atoms with Gasteiger partial charge in [0.15, 0.2) is 0 Å². The van der Waals surface area contributed by atoms with Crippen molar-refractivity contribution < 1.29 is 0 Å². The zero-order chi connectivity index (χ0) is 13.2.